The number of nitrogens with two attached hydrogens (primary N) is 1. The standard InChI is InChI=1S/C25H24FN5O4/c1-3-16-20(31-24(33)22(16)26)6-9-35-25-18-11-21(34-2)19(23(27)32)10-17(18)14(12-30-25)4-5-15-13-28-7-8-29-15/h7-8,10-13,16,20,22H,3,6,9H2,1-2H3,(H2,27,32)(H,31,33)/t16-,20+,22-/m0/s1. The molecule has 0 unspecified atom stereocenters. The fourth-order valence-corrected chi connectivity index (χ4v) is 4.14. The number of hydrogen-bond acceptors (Lipinski definition) is 7. The Morgan fingerprint density at radius 1 is 1.20 bits per heavy atom. The second kappa shape index (κ2) is 10.3. The summed E-state index contributed by atoms with van der Waals surface area (Å²) in [5.41, 5.74) is 6.73. The average Bonchev–Trinajstić information content (AvgIpc) is 3.15. The van der Waals surface area contributed by atoms with E-state index in [9.17, 15) is 14.0 Å². The van der Waals surface area contributed by atoms with E-state index in [0.29, 0.717) is 34.9 Å². The van der Waals surface area contributed by atoms with Crippen LogP contribution in [0.5, 0.6) is 11.6 Å². The lowest BCUT2D eigenvalue weighted by atomic mass is 9.94. The molecule has 3 aromatic rings. The van der Waals surface area contributed by atoms with Crippen LogP contribution in [0.2, 0.25) is 0 Å². The van der Waals surface area contributed by atoms with E-state index < -0.39 is 23.9 Å². The number of rotatable bonds is 7. The Hall–Kier alpha value is -4.26. The molecular formula is C25H24FN5O4. The number of alkyl halides is 1. The van der Waals surface area contributed by atoms with Gasteiger partial charge in [-0.05, 0) is 24.5 Å². The number of pyridine rings is 1. The van der Waals surface area contributed by atoms with Crippen LogP contribution in [0.15, 0.2) is 36.9 Å². The molecule has 0 saturated carbocycles. The van der Waals surface area contributed by atoms with Crippen molar-refractivity contribution < 1.29 is 23.5 Å². The Kier molecular flexibility index (Phi) is 7.06. The van der Waals surface area contributed by atoms with E-state index in [2.05, 4.69) is 32.1 Å². The summed E-state index contributed by atoms with van der Waals surface area (Å²) < 4.78 is 25.4. The summed E-state index contributed by atoms with van der Waals surface area (Å²) in [6.07, 6.45) is 5.60. The number of amides is 2. The molecule has 3 heterocycles. The highest BCUT2D eigenvalue weighted by Gasteiger charge is 2.41. The van der Waals surface area contributed by atoms with Crippen LogP contribution in [0.1, 0.15) is 41.4 Å². The molecule has 0 radical (unpaired) electrons. The number of carbonyl (C=O) groups excluding carboxylic acids is 2. The van der Waals surface area contributed by atoms with Gasteiger partial charge in [0.15, 0.2) is 6.17 Å². The second-order valence-corrected chi connectivity index (χ2v) is 8.01. The van der Waals surface area contributed by atoms with Crippen molar-refractivity contribution in [2.45, 2.75) is 32.0 Å². The van der Waals surface area contributed by atoms with Gasteiger partial charge >= 0.3 is 0 Å². The number of ether oxygens (including phenoxy) is 2. The predicted octanol–water partition coefficient (Wildman–Crippen LogP) is 2.16. The van der Waals surface area contributed by atoms with Gasteiger partial charge in [-0.15, -0.1) is 0 Å². The van der Waals surface area contributed by atoms with Crippen molar-refractivity contribution in [3.63, 3.8) is 0 Å². The van der Waals surface area contributed by atoms with Gasteiger partial charge in [0.25, 0.3) is 11.8 Å². The summed E-state index contributed by atoms with van der Waals surface area (Å²) in [4.78, 5) is 36.3. The van der Waals surface area contributed by atoms with E-state index in [0.717, 1.165) is 0 Å². The SMILES string of the molecule is CC[C@@H]1[C@H](F)C(=O)N[C@@H]1CCOc1ncc(C#Cc2cnccn2)c2cc(C(N)=O)c(OC)cc12. The van der Waals surface area contributed by atoms with Gasteiger partial charge in [-0.3, -0.25) is 14.6 Å². The first-order chi connectivity index (χ1) is 16.9. The van der Waals surface area contributed by atoms with Crippen molar-refractivity contribution in [2.75, 3.05) is 13.7 Å². The van der Waals surface area contributed by atoms with Crippen LogP contribution in [0.25, 0.3) is 10.8 Å². The number of carbonyl (C=O) groups is 2. The molecule has 3 N–H and O–H groups in total. The van der Waals surface area contributed by atoms with E-state index >= 15 is 0 Å². The number of nitrogens with zero attached hydrogens (tertiary/aromatic N) is 3. The van der Waals surface area contributed by atoms with Crippen molar-refractivity contribution in [3.05, 3.63) is 53.7 Å². The number of aromatic nitrogens is 3. The zero-order valence-corrected chi connectivity index (χ0v) is 19.2. The Balaban J connectivity index is 1.67. The van der Waals surface area contributed by atoms with Crippen molar-refractivity contribution in [1.29, 1.82) is 0 Å². The van der Waals surface area contributed by atoms with Gasteiger partial charge in [-0.2, -0.15) is 0 Å². The number of primary amides is 1. The molecule has 0 aliphatic carbocycles. The molecule has 4 rings (SSSR count). The molecule has 0 spiro atoms. The lowest BCUT2D eigenvalue weighted by Crippen LogP contribution is -2.30. The third-order valence-corrected chi connectivity index (χ3v) is 5.93. The normalized spacial score (nSPS) is 19.1. The molecule has 0 bridgehead atoms. The molecule has 3 atom stereocenters. The molecule has 9 nitrogen and oxygen atoms in total. The van der Waals surface area contributed by atoms with Gasteiger partial charge in [0, 0.05) is 47.7 Å². The van der Waals surface area contributed by atoms with Gasteiger partial charge < -0.3 is 20.5 Å². The molecule has 10 heteroatoms. The minimum Gasteiger partial charge on any atom is -0.496 e. The van der Waals surface area contributed by atoms with Crippen LogP contribution in [-0.4, -0.2) is 52.7 Å². The number of methoxy groups -OCH3 is 1. The Morgan fingerprint density at radius 2 is 2.03 bits per heavy atom. The average molecular weight is 477 g/mol. The summed E-state index contributed by atoms with van der Waals surface area (Å²) in [7, 11) is 1.43. The van der Waals surface area contributed by atoms with Crippen LogP contribution in [0.3, 0.4) is 0 Å². The van der Waals surface area contributed by atoms with E-state index in [1.807, 2.05) is 6.92 Å². The summed E-state index contributed by atoms with van der Waals surface area (Å²) in [5, 5.41) is 3.84. The summed E-state index contributed by atoms with van der Waals surface area (Å²) in [5.74, 6) is 4.85. The fraction of sp³-hybridized carbons (Fsp3) is 0.320. The Labute approximate surface area is 201 Å². The van der Waals surface area contributed by atoms with Gasteiger partial charge in [-0.1, -0.05) is 12.8 Å². The molecular weight excluding hydrogens is 453 g/mol. The highest BCUT2D eigenvalue weighted by molar-refractivity contribution is 6.03. The monoisotopic (exact) mass is 477 g/mol. The van der Waals surface area contributed by atoms with Crippen molar-refractivity contribution >= 4 is 22.6 Å². The number of nitrogens with one attached hydrogen (secondary N) is 1. The number of fused-ring (bicyclic) bond motifs is 1. The third kappa shape index (κ3) is 4.99. The maximum Gasteiger partial charge on any atom is 0.255 e. The topological polar surface area (TPSA) is 129 Å². The van der Waals surface area contributed by atoms with Crippen molar-refractivity contribution in [3.8, 4) is 23.5 Å². The number of hydrogen-bond donors (Lipinski definition) is 2. The highest BCUT2D eigenvalue weighted by Crippen LogP contribution is 2.33. The van der Waals surface area contributed by atoms with Crippen LogP contribution >= 0.6 is 0 Å². The van der Waals surface area contributed by atoms with E-state index in [-0.39, 0.29) is 29.8 Å². The van der Waals surface area contributed by atoms with Gasteiger partial charge in [0.1, 0.15) is 11.4 Å². The van der Waals surface area contributed by atoms with E-state index in [4.69, 9.17) is 15.2 Å². The predicted molar refractivity (Wildman–Crippen MR) is 126 cm³/mol. The minimum atomic E-state index is -1.51. The quantitative estimate of drug-likeness (QED) is 0.499. The number of halogens is 1. The fourth-order valence-electron chi connectivity index (χ4n) is 4.14. The van der Waals surface area contributed by atoms with Crippen molar-refractivity contribution in [1.82, 2.24) is 20.3 Å². The molecule has 35 heavy (non-hydrogen) atoms. The number of benzene rings is 1. The second-order valence-electron chi connectivity index (χ2n) is 8.01. The molecule has 1 fully saturated rings. The molecule has 1 saturated heterocycles. The van der Waals surface area contributed by atoms with Gasteiger partial charge in [-0.25, -0.2) is 14.4 Å². The van der Waals surface area contributed by atoms with Gasteiger partial charge in [0.2, 0.25) is 5.88 Å². The molecule has 2 aromatic heterocycles. The lowest BCUT2D eigenvalue weighted by molar-refractivity contribution is -0.123. The Bertz CT molecular complexity index is 1320. The van der Waals surface area contributed by atoms with Crippen molar-refractivity contribution in [2.24, 2.45) is 11.7 Å². The first-order valence-corrected chi connectivity index (χ1v) is 11.1. The lowest BCUT2D eigenvalue weighted by Gasteiger charge is -2.18. The molecule has 1 aromatic carbocycles. The maximum absolute atomic E-state index is 14.1. The van der Waals surface area contributed by atoms with Gasteiger partial charge in [0.05, 0.1) is 31.0 Å². The zero-order valence-electron chi connectivity index (χ0n) is 19.2. The van der Waals surface area contributed by atoms with Crippen LogP contribution in [0, 0.1) is 17.8 Å². The smallest absolute Gasteiger partial charge is 0.255 e. The largest absolute Gasteiger partial charge is 0.496 e. The Morgan fingerprint density at radius 3 is 2.71 bits per heavy atom. The van der Waals surface area contributed by atoms with Crippen LogP contribution in [-0.2, 0) is 4.79 Å². The molecule has 2 amide bonds. The van der Waals surface area contributed by atoms with Crippen LogP contribution in [0.4, 0.5) is 4.39 Å². The summed E-state index contributed by atoms with van der Waals surface area (Å²) in [6, 6.07) is 2.89. The minimum absolute atomic E-state index is 0.188. The summed E-state index contributed by atoms with van der Waals surface area (Å²) in [6.45, 7) is 2.05. The molecule has 1 aliphatic rings. The third-order valence-electron chi connectivity index (χ3n) is 5.93. The van der Waals surface area contributed by atoms with E-state index in [1.54, 1.807) is 18.3 Å². The highest BCUT2D eigenvalue weighted by atomic mass is 19.1. The molecule has 180 valence electrons. The maximum atomic E-state index is 14.1. The zero-order chi connectivity index (χ0) is 24.9. The van der Waals surface area contributed by atoms with E-state index in [1.165, 1.54) is 25.7 Å². The summed E-state index contributed by atoms with van der Waals surface area (Å²) >= 11 is 0. The first-order valence-electron chi connectivity index (χ1n) is 11.1. The first kappa shape index (κ1) is 23.9. The van der Waals surface area contributed by atoms with Crippen LogP contribution < -0.4 is 20.5 Å². The molecule has 1 aliphatic heterocycles.